The van der Waals surface area contributed by atoms with E-state index in [1.165, 1.54) is 37.4 Å². The minimum atomic E-state index is -0.457. The number of fused-ring (bicyclic) bond motifs is 3. The molecule has 2 N–H and O–H groups in total. The number of carbonyl (C=O) groups excluding carboxylic acids is 2. The van der Waals surface area contributed by atoms with Gasteiger partial charge in [0.2, 0.25) is 13.6 Å². The Labute approximate surface area is 284 Å². The Morgan fingerprint density at radius 2 is 1.56 bits per heavy atom. The number of amides is 2. The molecule has 0 saturated carbocycles. The van der Waals surface area contributed by atoms with Gasteiger partial charge in [-0.1, -0.05) is 34.1 Å². The summed E-state index contributed by atoms with van der Waals surface area (Å²) in [7, 11) is 3.28. The van der Waals surface area contributed by atoms with Gasteiger partial charge < -0.3 is 39.1 Å². The lowest BCUT2D eigenvalue weighted by Gasteiger charge is -2.21. The SMILES string of the molecule is CCC(C)C(C)CC(C)COC.COc1ccc2nc(C)sc2c1C(=O)Nc1cc2c(cc1C(=O)Nc1ccc3c(c1)OCO3)OCO2. The molecule has 3 unspecified atom stereocenters. The number of rotatable bonds is 11. The van der Waals surface area contributed by atoms with E-state index in [9.17, 15) is 9.59 Å². The third-order valence-corrected chi connectivity index (χ3v) is 9.55. The van der Waals surface area contributed by atoms with Crippen LogP contribution in [0.5, 0.6) is 28.7 Å². The first-order chi connectivity index (χ1) is 23.1. The van der Waals surface area contributed by atoms with Gasteiger partial charge in [0, 0.05) is 31.5 Å². The molecule has 3 atom stereocenters. The molecule has 4 aromatic rings. The Kier molecular flexibility index (Phi) is 11.3. The Hall–Kier alpha value is -4.55. The van der Waals surface area contributed by atoms with E-state index < -0.39 is 11.8 Å². The van der Waals surface area contributed by atoms with Crippen LogP contribution in [-0.4, -0.2) is 51.2 Å². The Morgan fingerprint density at radius 3 is 2.25 bits per heavy atom. The molecule has 0 bridgehead atoms. The third kappa shape index (κ3) is 7.94. The molecular formula is C36H43N3O8S. The lowest BCUT2D eigenvalue weighted by molar-refractivity contribution is 0.102. The molecule has 6 rings (SSSR count). The molecule has 2 aliphatic heterocycles. The number of hydrogen-bond donors (Lipinski definition) is 2. The standard InChI is InChI=1S/C25H19N3O7S.C11H24O/c1-12-26-15-4-6-18(31-2)22(23(15)36-12)25(30)28-16-9-21-20(34-11-35-21)8-14(16)24(29)27-13-3-5-17-19(7-13)33-10-32-17;1-6-10(3)11(4)7-9(2)8-12-5/h3-9H,10-11H2,1-2H3,(H,27,29)(H,28,30);9-11H,6-8H2,1-5H3. The molecule has 1 aromatic heterocycles. The van der Waals surface area contributed by atoms with Crippen molar-refractivity contribution in [1.82, 2.24) is 4.98 Å². The Morgan fingerprint density at radius 1 is 0.875 bits per heavy atom. The van der Waals surface area contributed by atoms with Gasteiger partial charge in [-0.3, -0.25) is 9.59 Å². The average Bonchev–Trinajstić information content (AvgIpc) is 3.82. The van der Waals surface area contributed by atoms with Crippen LogP contribution >= 0.6 is 11.3 Å². The molecule has 256 valence electrons. The van der Waals surface area contributed by atoms with Crippen LogP contribution in [0.15, 0.2) is 42.5 Å². The number of ether oxygens (including phenoxy) is 6. The monoisotopic (exact) mass is 677 g/mol. The van der Waals surface area contributed by atoms with Gasteiger partial charge in [-0.05, 0) is 61.4 Å². The van der Waals surface area contributed by atoms with Crippen LogP contribution in [0.3, 0.4) is 0 Å². The number of anilines is 2. The summed E-state index contributed by atoms with van der Waals surface area (Å²) in [5, 5.41) is 6.51. The number of benzene rings is 3. The van der Waals surface area contributed by atoms with Gasteiger partial charge in [0.05, 0.1) is 33.6 Å². The Bertz CT molecular complexity index is 1770. The topological polar surface area (TPSA) is 126 Å². The molecule has 12 heteroatoms. The van der Waals surface area contributed by atoms with E-state index in [1.807, 2.05) is 6.92 Å². The van der Waals surface area contributed by atoms with Crippen molar-refractivity contribution < 1.29 is 38.0 Å². The quantitative estimate of drug-likeness (QED) is 0.163. The fourth-order valence-electron chi connectivity index (χ4n) is 5.68. The van der Waals surface area contributed by atoms with Crippen LogP contribution in [0, 0.1) is 24.7 Å². The molecule has 2 amide bonds. The van der Waals surface area contributed by atoms with Crippen molar-refractivity contribution in [3.8, 4) is 28.7 Å². The zero-order valence-corrected chi connectivity index (χ0v) is 29.2. The second-order valence-electron chi connectivity index (χ2n) is 12.1. The largest absolute Gasteiger partial charge is 0.496 e. The fourth-order valence-corrected chi connectivity index (χ4v) is 6.64. The molecule has 0 radical (unpaired) electrons. The molecule has 0 spiro atoms. The minimum Gasteiger partial charge on any atom is -0.496 e. The van der Waals surface area contributed by atoms with Crippen molar-refractivity contribution >= 4 is 44.7 Å². The van der Waals surface area contributed by atoms with Gasteiger partial charge in [0.25, 0.3) is 11.8 Å². The third-order valence-electron chi connectivity index (χ3n) is 8.55. The molecular weight excluding hydrogens is 634 g/mol. The van der Waals surface area contributed by atoms with Crippen molar-refractivity contribution in [2.45, 2.75) is 47.5 Å². The van der Waals surface area contributed by atoms with Crippen LogP contribution in [0.2, 0.25) is 0 Å². The predicted molar refractivity (Wildman–Crippen MR) is 186 cm³/mol. The number of aryl methyl sites for hydroxylation is 1. The zero-order chi connectivity index (χ0) is 34.4. The van der Waals surface area contributed by atoms with E-state index in [0.29, 0.717) is 56.1 Å². The highest BCUT2D eigenvalue weighted by atomic mass is 32.1. The van der Waals surface area contributed by atoms with Crippen molar-refractivity contribution in [2.75, 3.05) is 45.0 Å². The molecule has 3 aromatic carbocycles. The van der Waals surface area contributed by atoms with Gasteiger partial charge in [-0.2, -0.15) is 0 Å². The molecule has 3 heterocycles. The van der Waals surface area contributed by atoms with E-state index in [4.69, 9.17) is 28.4 Å². The molecule has 0 aliphatic carbocycles. The summed E-state index contributed by atoms with van der Waals surface area (Å²) in [5.41, 5.74) is 1.97. The second kappa shape index (κ2) is 15.6. The summed E-state index contributed by atoms with van der Waals surface area (Å²) >= 11 is 1.39. The van der Waals surface area contributed by atoms with E-state index >= 15 is 0 Å². The van der Waals surface area contributed by atoms with Gasteiger partial charge in [0.15, 0.2) is 23.0 Å². The summed E-state index contributed by atoms with van der Waals surface area (Å²) in [6.45, 7) is 12.1. The lowest BCUT2D eigenvalue weighted by atomic mass is 9.86. The number of hydrogen-bond acceptors (Lipinski definition) is 10. The number of nitrogens with zero attached hydrogens (tertiary/aromatic N) is 1. The van der Waals surface area contributed by atoms with Gasteiger partial charge in [0.1, 0.15) is 11.3 Å². The first-order valence-corrected chi connectivity index (χ1v) is 16.8. The first-order valence-electron chi connectivity index (χ1n) is 16.0. The van der Waals surface area contributed by atoms with Gasteiger partial charge in [-0.15, -0.1) is 11.3 Å². The molecule has 0 saturated heterocycles. The highest BCUT2D eigenvalue weighted by Gasteiger charge is 2.26. The maximum Gasteiger partial charge on any atom is 0.260 e. The highest BCUT2D eigenvalue weighted by Crippen LogP contribution is 2.39. The van der Waals surface area contributed by atoms with Crippen LogP contribution in [0.1, 0.15) is 66.3 Å². The average molecular weight is 678 g/mol. The number of methoxy groups -OCH3 is 2. The van der Waals surface area contributed by atoms with Crippen LogP contribution in [-0.2, 0) is 4.74 Å². The molecule has 48 heavy (non-hydrogen) atoms. The van der Waals surface area contributed by atoms with Crippen LogP contribution < -0.4 is 34.3 Å². The maximum atomic E-state index is 13.5. The smallest absolute Gasteiger partial charge is 0.260 e. The number of carbonyl (C=O) groups is 2. The van der Waals surface area contributed by atoms with Crippen LogP contribution in [0.25, 0.3) is 10.2 Å². The summed E-state index contributed by atoms with van der Waals surface area (Å²) in [6.07, 6.45) is 2.59. The number of nitrogens with one attached hydrogen (secondary N) is 2. The minimum absolute atomic E-state index is 0.0171. The van der Waals surface area contributed by atoms with Crippen molar-refractivity contribution in [3.05, 3.63) is 58.6 Å². The molecule has 2 aliphatic rings. The number of thiazole rings is 1. The van der Waals surface area contributed by atoms with Crippen molar-refractivity contribution in [2.24, 2.45) is 17.8 Å². The molecule has 0 fully saturated rings. The van der Waals surface area contributed by atoms with Crippen LogP contribution in [0.4, 0.5) is 11.4 Å². The second-order valence-corrected chi connectivity index (χ2v) is 13.3. The Balaban J connectivity index is 0.000000323. The summed E-state index contributed by atoms with van der Waals surface area (Å²) in [5.74, 6) is 3.85. The summed E-state index contributed by atoms with van der Waals surface area (Å²) in [6, 6.07) is 11.7. The zero-order valence-electron chi connectivity index (χ0n) is 28.4. The van der Waals surface area contributed by atoms with Crippen molar-refractivity contribution in [1.29, 1.82) is 0 Å². The van der Waals surface area contributed by atoms with E-state index in [2.05, 4.69) is 43.3 Å². The summed E-state index contributed by atoms with van der Waals surface area (Å²) in [4.78, 5) is 31.3. The lowest BCUT2D eigenvalue weighted by Crippen LogP contribution is -2.19. The highest BCUT2D eigenvalue weighted by molar-refractivity contribution is 7.19. The van der Waals surface area contributed by atoms with Crippen molar-refractivity contribution in [3.63, 3.8) is 0 Å². The fraction of sp³-hybridized carbons (Fsp3) is 0.417. The normalized spacial score (nSPS) is 14.5. The van der Waals surface area contributed by atoms with E-state index in [1.54, 1.807) is 43.5 Å². The number of aromatic nitrogens is 1. The maximum absolute atomic E-state index is 13.5. The van der Waals surface area contributed by atoms with Gasteiger partial charge >= 0.3 is 0 Å². The van der Waals surface area contributed by atoms with E-state index in [0.717, 1.165) is 23.5 Å². The molecule has 11 nitrogen and oxygen atoms in total. The first kappa shape index (κ1) is 34.8. The summed E-state index contributed by atoms with van der Waals surface area (Å²) < 4.78 is 32.9. The predicted octanol–water partition coefficient (Wildman–Crippen LogP) is 7.92. The van der Waals surface area contributed by atoms with Gasteiger partial charge in [-0.25, -0.2) is 4.98 Å². The van der Waals surface area contributed by atoms with E-state index in [-0.39, 0.29) is 24.8 Å².